The Balaban J connectivity index is 2.27. The first-order valence-electron chi connectivity index (χ1n) is 11.1. The molecule has 0 radical (unpaired) electrons. The van der Waals surface area contributed by atoms with Crippen molar-refractivity contribution >= 4 is 0 Å². The van der Waals surface area contributed by atoms with Gasteiger partial charge in [-0.2, -0.15) is 0 Å². The summed E-state index contributed by atoms with van der Waals surface area (Å²) in [6.07, 6.45) is 0.543. The molecule has 1 aliphatic rings. The predicted octanol–water partition coefficient (Wildman–Crippen LogP) is 5.96. The Morgan fingerprint density at radius 2 is 1.38 bits per heavy atom. The lowest BCUT2D eigenvalue weighted by molar-refractivity contribution is 0.0508. The molecule has 1 aliphatic heterocycles. The number of hydrogen-bond donors (Lipinski definition) is 1. The summed E-state index contributed by atoms with van der Waals surface area (Å²) in [6.45, 7) is 8.84. The molecular weight excluding hydrogens is 408 g/mol. The molecule has 32 heavy (non-hydrogen) atoms. The average molecular weight is 445 g/mol. The van der Waals surface area contributed by atoms with Crippen molar-refractivity contribution in [3.8, 4) is 34.5 Å². The van der Waals surface area contributed by atoms with Crippen molar-refractivity contribution in [1.82, 2.24) is 0 Å². The highest BCUT2D eigenvalue weighted by Crippen LogP contribution is 2.57. The van der Waals surface area contributed by atoms with Crippen LogP contribution < -0.4 is 23.7 Å². The molecule has 2 aromatic rings. The van der Waals surface area contributed by atoms with Crippen LogP contribution in [0.2, 0.25) is 0 Å². The molecule has 6 nitrogen and oxygen atoms in total. The summed E-state index contributed by atoms with van der Waals surface area (Å²) in [5, 5.41) is 11.0. The van der Waals surface area contributed by atoms with E-state index >= 15 is 0 Å². The highest BCUT2D eigenvalue weighted by Gasteiger charge is 2.45. The number of ether oxygens (including phenoxy) is 5. The molecule has 3 atom stereocenters. The van der Waals surface area contributed by atoms with Gasteiger partial charge in [0.15, 0.2) is 0 Å². The van der Waals surface area contributed by atoms with Crippen molar-refractivity contribution in [1.29, 1.82) is 0 Å². The third-order valence-corrected chi connectivity index (χ3v) is 6.30. The summed E-state index contributed by atoms with van der Waals surface area (Å²) in [7, 11) is 6.46. The highest BCUT2D eigenvalue weighted by molar-refractivity contribution is 5.57. The lowest BCUT2D eigenvalue weighted by Crippen LogP contribution is -2.34. The third-order valence-electron chi connectivity index (χ3n) is 6.30. The Morgan fingerprint density at radius 3 is 1.88 bits per heavy atom. The fourth-order valence-electron chi connectivity index (χ4n) is 4.95. The summed E-state index contributed by atoms with van der Waals surface area (Å²) in [5.74, 6) is 4.29. The van der Waals surface area contributed by atoms with E-state index in [-0.39, 0.29) is 23.5 Å². The van der Waals surface area contributed by atoms with E-state index in [1.807, 2.05) is 12.1 Å². The van der Waals surface area contributed by atoms with Crippen LogP contribution in [0.15, 0.2) is 24.3 Å². The van der Waals surface area contributed by atoms with E-state index in [0.29, 0.717) is 34.5 Å². The number of hydrogen-bond acceptors (Lipinski definition) is 6. The first-order chi connectivity index (χ1) is 15.2. The lowest BCUT2D eigenvalue weighted by atomic mass is 9.69. The zero-order valence-electron chi connectivity index (χ0n) is 20.4. The molecule has 6 heteroatoms. The molecule has 0 fully saturated rings. The van der Waals surface area contributed by atoms with Crippen LogP contribution in [0.25, 0.3) is 0 Å². The van der Waals surface area contributed by atoms with E-state index in [2.05, 4.69) is 27.7 Å². The van der Waals surface area contributed by atoms with Gasteiger partial charge in [0.05, 0.1) is 34.0 Å². The second-order valence-corrected chi connectivity index (χ2v) is 9.10. The van der Waals surface area contributed by atoms with Crippen LogP contribution in [-0.2, 0) is 0 Å². The van der Waals surface area contributed by atoms with Gasteiger partial charge in [-0.05, 0) is 24.2 Å². The summed E-state index contributed by atoms with van der Waals surface area (Å²) < 4.78 is 28.9. The zero-order valence-corrected chi connectivity index (χ0v) is 20.4. The van der Waals surface area contributed by atoms with Gasteiger partial charge < -0.3 is 28.8 Å². The van der Waals surface area contributed by atoms with Gasteiger partial charge in [-0.15, -0.1) is 0 Å². The van der Waals surface area contributed by atoms with E-state index in [1.54, 1.807) is 40.6 Å². The van der Waals surface area contributed by atoms with Crippen molar-refractivity contribution in [2.24, 2.45) is 17.8 Å². The second kappa shape index (κ2) is 9.80. The normalized spacial score (nSPS) is 20.0. The molecule has 1 heterocycles. The molecule has 2 aromatic carbocycles. The molecule has 0 aliphatic carbocycles. The van der Waals surface area contributed by atoms with Gasteiger partial charge in [0.25, 0.3) is 0 Å². The fraction of sp³-hybridized carbons (Fsp3) is 0.538. The van der Waals surface area contributed by atoms with Crippen LogP contribution >= 0.6 is 0 Å². The first-order valence-corrected chi connectivity index (χ1v) is 11.1. The number of fused-ring (bicyclic) bond motifs is 1. The SMILES string of the molecule is COc1cc(OC)c2c(c1)O[C@H](c1c(O)cc(OC)cc1OC)[C@@H](C(C)C)[C@@H]2CC(C)C. The van der Waals surface area contributed by atoms with Crippen molar-refractivity contribution in [2.45, 2.75) is 46.1 Å². The third kappa shape index (κ3) is 4.41. The van der Waals surface area contributed by atoms with E-state index in [0.717, 1.165) is 17.7 Å². The van der Waals surface area contributed by atoms with Crippen molar-refractivity contribution in [3.63, 3.8) is 0 Å². The van der Waals surface area contributed by atoms with Crippen LogP contribution in [0.4, 0.5) is 0 Å². The standard InChI is InChI=1S/C26H36O6/c1-14(2)9-18-23(15(3)4)26(25-19(27)10-16(28-5)11-21(25)31-8)32-22-13-17(29-6)12-20(30-7)24(18)22/h10-15,18,23,26-27H,9H2,1-8H3/t18-,23-,26-/m0/s1. The topological polar surface area (TPSA) is 66.4 Å². The van der Waals surface area contributed by atoms with Crippen LogP contribution in [0.1, 0.15) is 57.3 Å². The maximum absolute atomic E-state index is 11.0. The number of methoxy groups -OCH3 is 4. The maximum Gasteiger partial charge on any atom is 0.135 e. The number of phenolic OH excluding ortho intramolecular Hbond substituents is 1. The Kier molecular flexibility index (Phi) is 7.32. The maximum atomic E-state index is 11.0. The van der Waals surface area contributed by atoms with E-state index in [9.17, 15) is 5.11 Å². The van der Waals surface area contributed by atoms with Crippen LogP contribution in [0.5, 0.6) is 34.5 Å². The monoisotopic (exact) mass is 444 g/mol. The smallest absolute Gasteiger partial charge is 0.135 e. The van der Waals surface area contributed by atoms with E-state index in [4.69, 9.17) is 23.7 Å². The van der Waals surface area contributed by atoms with E-state index < -0.39 is 6.10 Å². The highest BCUT2D eigenvalue weighted by atomic mass is 16.5. The molecule has 3 rings (SSSR count). The number of benzene rings is 2. The van der Waals surface area contributed by atoms with E-state index in [1.165, 1.54) is 0 Å². The Bertz CT molecular complexity index is 936. The Morgan fingerprint density at radius 1 is 0.812 bits per heavy atom. The Hall–Kier alpha value is -2.76. The minimum Gasteiger partial charge on any atom is -0.507 e. The fourth-order valence-corrected chi connectivity index (χ4v) is 4.95. The zero-order chi connectivity index (χ0) is 23.6. The molecule has 0 spiro atoms. The molecule has 0 bridgehead atoms. The quantitative estimate of drug-likeness (QED) is 0.542. The summed E-state index contributed by atoms with van der Waals surface area (Å²) in [6, 6.07) is 7.22. The van der Waals surface area contributed by atoms with Gasteiger partial charge in [0.1, 0.15) is 40.6 Å². The van der Waals surface area contributed by atoms with Gasteiger partial charge >= 0.3 is 0 Å². The summed E-state index contributed by atoms with van der Waals surface area (Å²) >= 11 is 0. The summed E-state index contributed by atoms with van der Waals surface area (Å²) in [5.41, 5.74) is 1.69. The van der Waals surface area contributed by atoms with Gasteiger partial charge in [-0.25, -0.2) is 0 Å². The first kappa shape index (κ1) is 23.9. The number of phenols is 1. The molecule has 0 saturated heterocycles. The molecule has 1 N–H and O–H groups in total. The van der Waals surface area contributed by atoms with Crippen LogP contribution in [0, 0.1) is 17.8 Å². The minimum atomic E-state index is -0.413. The summed E-state index contributed by atoms with van der Waals surface area (Å²) in [4.78, 5) is 0. The van der Waals surface area contributed by atoms with Crippen molar-refractivity contribution in [2.75, 3.05) is 28.4 Å². The second-order valence-electron chi connectivity index (χ2n) is 9.10. The number of rotatable bonds is 8. The average Bonchev–Trinajstić information content (AvgIpc) is 2.76. The molecule has 0 unspecified atom stereocenters. The number of aromatic hydroxyl groups is 1. The molecular formula is C26H36O6. The van der Waals surface area contributed by atoms with Crippen LogP contribution in [0.3, 0.4) is 0 Å². The van der Waals surface area contributed by atoms with Gasteiger partial charge in [0, 0.05) is 35.7 Å². The largest absolute Gasteiger partial charge is 0.507 e. The van der Waals surface area contributed by atoms with Gasteiger partial charge in [0.2, 0.25) is 0 Å². The molecule has 176 valence electrons. The molecule has 0 saturated carbocycles. The minimum absolute atomic E-state index is 0.0837. The lowest BCUT2D eigenvalue weighted by Gasteiger charge is -2.43. The van der Waals surface area contributed by atoms with Gasteiger partial charge in [-0.1, -0.05) is 27.7 Å². The van der Waals surface area contributed by atoms with Crippen LogP contribution in [-0.4, -0.2) is 33.5 Å². The predicted molar refractivity (Wildman–Crippen MR) is 125 cm³/mol. The van der Waals surface area contributed by atoms with Gasteiger partial charge in [-0.3, -0.25) is 0 Å². The van der Waals surface area contributed by atoms with Crippen molar-refractivity contribution < 1.29 is 28.8 Å². The molecule has 0 aromatic heterocycles. The molecule has 0 amide bonds. The van der Waals surface area contributed by atoms with Crippen molar-refractivity contribution in [3.05, 3.63) is 35.4 Å². The Labute approximate surface area is 191 Å².